The standard InChI is InChI=1S/C25H23N3O2/c26-22-8-4-5-9-23(22)28-24(29)19-12-10-17(11-13-19)16-21(18-6-2-1-3-7-18)25(30)27-20-14-15-20/h1-13,16,20H,14-15,26H2,(H,27,30)(H,28,29)/b21-16+. The molecule has 0 unspecified atom stereocenters. The molecule has 0 atom stereocenters. The first-order valence-electron chi connectivity index (χ1n) is 9.94. The molecule has 0 radical (unpaired) electrons. The maximum Gasteiger partial charge on any atom is 0.255 e. The molecule has 1 aliphatic rings. The van der Waals surface area contributed by atoms with Crippen molar-refractivity contribution < 1.29 is 9.59 Å². The molecule has 0 spiro atoms. The van der Waals surface area contributed by atoms with Crippen molar-refractivity contribution in [2.75, 3.05) is 11.1 Å². The number of carbonyl (C=O) groups is 2. The average Bonchev–Trinajstić information content (AvgIpc) is 3.58. The first kappa shape index (κ1) is 19.5. The van der Waals surface area contributed by atoms with Crippen molar-refractivity contribution in [2.24, 2.45) is 0 Å². The molecule has 0 bridgehead atoms. The normalized spacial score (nSPS) is 13.5. The summed E-state index contributed by atoms with van der Waals surface area (Å²) in [5, 5.41) is 5.87. The SMILES string of the molecule is Nc1ccccc1NC(=O)c1ccc(/C=C(/C(=O)NC2CC2)c2ccccc2)cc1. The Morgan fingerprint density at radius 3 is 2.17 bits per heavy atom. The number of hydrogen-bond donors (Lipinski definition) is 3. The highest BCUT2D eigenvalue weighted by Gasteiger charge is 2.25. The second kappa shape index (κ2) is 8.66. The number of carbonyl (C=O) groups excluding carboxylic acids is 2. The van der Waals surface area contributed by atoms with Gasteiger partial charge >= 0.3 is 0 Å². The molecule has 0 saturated heterocycles. The zero-order valence-electron chi connectivity index (χ0n) is 16.5. The summed E-state index contributed by atoms with van der Waals surface area (Å²) in [7, 11) is 0. The molecule has 150 valence electrons. The molecule has 4 rings (SSSR count). The largest absolute Gasteiger partial charge is 0.397 e. The summed E-state index contributed by atoms with van der Waals surface area (Å²) < 4.78 is 0. The number of anilines is 2. The van der Waals surface area contributed by atoms with Crippen LogP contribution in [0.3, 0.4) is 0 Å². The molecule has 0 aliphatic heterocycles. The van der Waals surface area contributed by atoms with Crippen LogP contribution >= 0.6 is 0 Å². The third-order valence-electron chi connectivity index (χ3n) is 4.93. The lowest BCUT2D eigenvalue weighted by Crippen LogP contribution is -2.26. The van der Waals surface area contributed by atoms with Gasteiger partial charge in [-0.1, -0.05) is 54.6 Å². The van der Waals surface area contributed by atoms with Crippen LogP contribution in [-0.2, 0) is 4.79 Å². The van der Waals surface area contributed by atoms with Gasteiger partial charge in [0.25, 0.3) is 11.8 Å². The lowest BCUT2D eigenvalue weighted by molar-refractivity contribution is -0.115. The third-order valence-corrected chi connectivity index (χ3v) is 4.93. The minimum atomic E-state index is -0.238. The molecule has 3 aromatic carbocycles. The maximum atomic E-state index is 12.8. The number of benzene rings is 3. The molecule has 1 fully saturated rings. The zero-order chi connectivity index (χ0) is 20.9. The smallest absolute Gasteiger partial charge is 0.255 e. The van der Waals surface area contributed by atoms with Gasteiger partial charge in [0.05, 0.1) is 11.4 Å². The fraction of sp³-hybridized carbons (Fsp3) is 0.120. The second-order valence-corrected chi connectivity index (χ2v) is 7.34. The van der Waals surface area contributed by atoms with Crippen molar-refractivity contribution >= 4 is 34.8 Å². The van der Waals surface area contributed by atoms with Crippen LogP contribution in [0.25, 0.3) is 11.6 Å². The van der Waals surface area contributed by atoms with Crippen LogP contribution in [0.4, 0.5) is 11.4 Å². The van der Waals surface area contributed by atoms with Gasteiger partial charge in [-0.3, -0.25) is 9.59 Å². The van der Waals surface area contributed by atoms with E-state index in [2.05, 4.69) is 10.6 Å². The van der Waals surface area contributed by atoms with Crippen LogP contribution in [0.5, 0.6) is 0 Å². The molecule has 30 heavy (non-hydrogen) atoms. The summed E-state index contributed by atoms with van der Waals surface area (Å²) >= 11 is 0. The zero-order valence-corrected chi connectivity index (χ0v) is 16.5. The van der Waals surface area contributed by atoms with E-state index in [1.807, 2.05) is 60.7 Å². The molecule has 3 aromatic rings. The molecule has 1 aliphatic carbocycles. The molecule has 2 amide bonds. The highest BCUT2D eigenvalue weighted by Crippen LogP contribution is 2.24. The molecule has 0 heterocycles. The summed E-state index contributed by atoms with van der Waals surface area (Å²) in [6.45, 7) is 0. The van der Waals surface area contributed by atoms with Gasteiger partial charge in [0.15, 0.2) is 0 Å². The Balaban J connectivity index is 1.55. The van der Waals surface area contributed by atoms with E-state index in [1.165, 1.54) is 0 Å². The number of nitrogens with one attached hydrogen (secondary N) is 2. The summed E-state index contributed by atoms with van der Waals surface area (Å²) in [6.07, 6.45) is 3.91. The predicted octanol–water partition coefficient (Wildman–Crippen LogP) is 4.34. The molecule has 4 N–H and O–H groups in total. The van der Waals surface area contributed by atoms with Crippen LogP contribution in [0.2, 0.25) is 0 Å². The number of rotatable bonds is 6. The molecule has 0 aromatic heterocycles. The fourth-order valence-corrected chi connectivity index (χ4v) is 3.09. The summed E-state index contributed by atoms with van der Waals surface area (Å²) in [5.74, 6) is -0.316. The third kappa shape index (κ3) is 4.75. The van der Waals surface area contributed by atoms with Gasteiger partial charge in [-0.2, -0.15) is 0 Å². The monoisotopic (exact) mass is 397 g/mol. The van der Waals surface area contributed by atoms with Gasteiger partial charge < -0.3 is 16.4 Å². The van der Waals surface area contributed by atoms with E-state index >= 15 is 0 Å². The number of nitrogens with two attached hydrogens (primary N) is 1. The van der Waals surface area contributed by atoms with Crippen molar-refractivity contribution in [1.29, 1.82) is 0 Å². The molecular formula is C25H23N3O2. The second-order valence-electron chi connectivity index (χ2n) is 7.34. The van der Waals surface area contributed by atoms with Crippen molar-refractivity contribution in [2.45, 2.75) is 18.9 Å². The van der Waals surface area contributed by atoms with Crippen molar-refractivity contribution in [3.8, 4) is 0 Å². The van der Waals surface area contributed by atoms with Crippen LogP contribution in [0, 0.1) is 0 Å². The van der Waals surface area contributed by atoms with E-state index in [0.717, 1.165) is 24.0 Å². The topological polar surface area (TPSA) is 84.2 Å². The van der Waals surface area contributed by atoms with E-state index in [9.17, 15) is 9.59 Å². The van der Waals surface area contributed by atoms with Gasteiger partial charge in [0.1, 0.15) is 0 Å². The average molecular weight is 397 g/mol. The molecule has 5 heteroatoms. The predicted molar refractivity (Wildman–Crippen MR) is 121 cm³/mol. The van der Waals surface area contributed by atoms with Crippen molar-refractivity contribution in [3.63, 3.8) is 0 Å². The van der Waals surface area contributed by atoms with Gasteiger partial charge in [-0.15, -0.1) is 0 Å². The van der Waals surface area contributed by atoms with Gasteiger partial charge in [-0.25, -0.2) is 0 Å². The Morgan fingerprint density at radius 1 is 0.833 bits per heavy atom. The van der Waals surface area contributed by atoms with E-state index in [4.69, 9.17) is 5.73 Å². The molecule has 1 saturated carbocycles. The van der Waals surface area contributed by atoms with Crippen LogP contribution in [-0.4, -0.2) is 17.9 Å². The van der Waals surface area contributed by atoms with E-state index in [1.54, 1.807) is 24.3 Å². The fourth-order valence-electron chi connectivity index (χ4n) is 3.09. The Morgan fingerprint density at radius 2 is 1.50 bits per heavy atom. The quantitative estimate of drug-likeness (QED) is 0.329. The van der Waals surface area contributed by atoms with Gasteiger partial charge in [-0.05, 0) is 54.3 Å². The van der Waals surface area contributed by atoms with E-state index < -0.39 is 0 Å². The highest BCUT2D eigenvalue weighted by molar-refractivity contribution is 6.24. The first-order valence-corrected chi connectivity index (χ1v) is 9.94. The number of nitrogen functional groups attached to an aromatic ring is 1. The lowest BCUT2D eigenvalue weighted by Gasteiger charge is -2.10. The first-order chi connectivity index (χ1) is 14.6. The molecular weight excluding hydrogens is 374 g/mol. The Bertz CT molecular complexity index is 1080. The van der Waals surface area contributed by atoms with Crippen molar-refractivity contribution in [1.82, 2.24) is 5.32 Å². The minimum absolute atomic E-state index is 0.0786. The van der Waals surface area contributed by atoms with Crippen LogP contribution in [0.15, 0.2) is 78.9 Å². The van der Waals surface area contributed by atoms with Crippen molar-refractivity contribution in [3.05, 3.63) is 95.6 Å². The van der Waals surface area contributed by atoms with Gasteiger partial charge in [0, 0.05) is 17.2 Å². The summed E-state index contributed by atoms with van der Waals surface area (Å²) in [6, 6.07) is 24.1. The number of amides is 2. The Labute approximate surface area is 175 Å². The number of hydrogen-bond acceptors (Lipinski definition) is 3. The molecule has 5 nitrogen and oxygen atoms in total. The van der Waals surface area contributed by atoms with E-state index in [0.29, 0.717) is 22.5 Å². The number of para-hydroxylation sites is 2. The summed E-state index contributed by atoms with van der Waals surface area (Å²) in [5.41, 5.74) is 9.80. The lowest BCUT2D eigenvalue weighted by atomic mass is 10.0. The highest BCUT2D eigenvalue weighted by atomic mass is 16.2. The summed E-state index contributed by atoms with van der Waals surface area (Å²) in [4.78, 5) is 25.3. The van der Waals surface area contributed by atoms with Gasteiger partial charge in [0.2, 0.25) is 0 Å². The van der Waals surface area contributed by atoms with E-state index in [-0.39, 0.29) is 17.9 Å². The van der Waals surface area contributed by atoms with Crippen LogP contribution < -0.4 is 16.4 Å². The Hall–Kier alpha value is -3.86. The Kier molecular flexibility index (Phi) is 5.61. The maximum absolute atomic E-state index is 12.8. The van der Waals surface area contributed by atoms with Crippen LogP contribution in [0.1, 0.15) is 34.3 Å². The minimum Gasteiger partial charge on any atom is -0.397 e.